The molecule has 1 saturated carbocycles. The Bertz CT molecular complexity index is 956. The molecule has 2 aliphatic rings. The van der Waals surface area contributed by atoms with Crippen molar-refractivity contribution >= 4 is 5.78 Å². The van der Waals surface area contributed by atoms with Crippen LogP contribution in [0.15, 0.2) is 36.4 Å². The molecule has 0 aromatic heterocycles. The van der Waals surface area contributed by atoms with Gasteiger partial charge in [0.1, 0.15) is 5.78 Å². The fourth-order valence-corrected chi connectivity index (χ4v) is 5.81. The smallest absolute Gasteiger partial charge is 0.160 e. The van der Waals surface area contributed by atoms with Gasteiger partial charge in [0.2, 0.25) is 0 Å². The normalized spacial score (nSPS) is 27.3. The van der Waals surface area contributed by atoms with Crippen molar-refractivity contribution in [2.24, 2.45) is 23.2 Å². The highest BCUT2D eigenvalue weighted by molar-refractivity contribution is 5.87. The lowest BCUT2D eigenvalue weighted by atomic mass is 9.62. The molecular weight excluding hydrogens is 418 g/mol. The van der Waals surface area contributed by atoms with Gasteiger partial charge in [-0.25, -0.2) is 0 Å². The van der Waals surface area contributed by atoms with E-state index in [1.165, 1.54) is 14.2 Å². The highest BCUT2D eigenvalue weighted by atomic mass is 16.5. The van der Waals surface area contributed by atoms with Crippen molar-refractivity contribution in [3.05, 3.63) is 47.5 Å². The Morgan fingerprint density at radius 2 is 1.33 bits per heavy atom. The fraction of sp³-hybridized carbons (Fsp3) is 0.519. The molecule has 1 unspecified atom stereocenters. The van der Waals surface area contributed by atoms with E-state index in [1.807, 2.05) is 24.3 Å². The van der Waals surface area contributed by atoms with E-state index < -0.39 is 0 Å². The number of fused-ring (bicyclic) bond motifs is 2. The molecule has 1 saturated heterocycles. The minimum atomic E-state index is -0.198. The van der Waals surface area contributed by atoms with Gasteiger partial charge in [0.05, 0.1) is 14.2 Å². The molecule has 2 fully saturated rings. The zero-order valence-electron chi connectivity index (χ0n) is 20.1. The maximum Gasteiger partial charge on any atom is 0.160 e. The molecule has 5 atom stereocenters. The van der Waals surface area contributed by atoms with E-state index in [-0.39, 0.29) is 46.6 Å². The van der Waals surface area contributed by atoms with Gasteiger partial charge in [-0.15, -0.1) is 0 Å². The van der Waals surface area contributed by atoms with Gasteiger partial charge >= 0.3 is 0 Å². The van der Waals surface area contributed by atoms with Crippen LogP contribution in [0.4, 0.5) is 0 Å². The maximum absolute atomic E-state index is 13.7. The summed E-state index contributed by atoms with van der Waals surface area (Å²) in [5, 5.41) is 23.9. The van der Waals surface area contributed by atoms with Crippen molar-refractivity contribution in [1.29, 1.82) is 0 Å². The van der Waals surface area contributed by atoms with E-state index in [1.54, 1.807) is 12.1 Å². The van der Waals surface area contributed by atoms with E-state index in [4.69, 9.17) is 9.47 Å². The van der Waals surface area contributed by atoms with Gasteiger partial charge in [-0.1, -0.05) is 32.9 Å². The van der Waals surface area contributed by atoms with Crippen LogP contribution < -0.4 is 14.8 Å². The first-order valence-electron chi connectivity index (χ1n) is 11.6. The number of hydrogen-bond acceptors (Lipinski definition) is 6. The average molecular weight is 454 g/mol. The van der Waals surface area contributed by atoms with Crippen LogP contribution in [0, 0.1) is 23.2 Å². The van der Waals surface area contributed by atoms with Gasteiger partial charge in [-0.05, 0) is 66.0 Å². The predicted octanol–water partition coefficient (Wildman–Crippen LogP) is 5.15. The number of phenolic OH excluding ortho intramolecular Hbond substituents is 2. The molecule has 0 spiro atoms. The Morgan fingerprint density at radius 3 is 1.73 bits per heavy atom. The van der Waals surface area contributed by atoms with Crippen molar-refractivity contribution in [2.45, 2.75) is 52.1 Å². The monoisotopic (exact) mass is 453 g/mol. The Morgan fingerprint density at radius 1 is 0.879 bits per heavy atom. The van der Waals surface area contributed by atoms with Crippen LogP contribution in [0.3, 0.4) is 0 Å². The second kappa shape index (κ2) is 8.90. The van der Waals surface area contributed by atoms with Crippen LogP contribution in [-0.4, -0.2) is 30.2 Å². The fourth-order valence-electron chi connectivity index (χ4n) is 5.81. The molecule has 2 bridgehead atoms. The molecule has 2 aromatic rings. The first-order chi connectivity index (χ1) is 15.6. The van der Waals surface area contributed by atoms with Crippen LogP contribution >= 0.6 is 0 Å². The SMILES string of the molecule is COc1cc([C@H]2N[C@@H](c3ccc(O)c(OC)c3)[C@@H]3CC(CC(C)(C)C)C[C@H]2C3=O)ccc1O. The van der Waals surface area contributed by atoms with E-state index in [0.29, 0.717) is 17.4 Å². The van der Waals surface area contributed by atoms with Gasteiger partial charge in [0.25, 0.3) is 0 Å². The third-order valence-electron chi connectivity index (χ3n) is 7.10. The Labute approximate surface area is 195 Å². The van der Waals surface area contributed by atoms with Crippen LogP contribution in [0.1, 0.15) is 63.2 Å². The molecule has 6 nitrogen and oxygen atoms in total. The summed E-state index contributed by atoms with van der Waals surface area (Å²) in [7, 11) is 3.06. The Balaban J connectivity index is 1.77. The first-order valence-corrected chi connectivity index (χ1v) is 11.6. The number of nitrogens with one attached hydrogen (secondary N) is 1. The van der Waals surface area contributed by atoms with E-state index in [9.17, 15) is 15.0 Å². The number of piperidine rings is 1. The molecule has 0 amide bonds. The number of benzene rings is 2. The average Bonchev–Trinajstić information content (AvgIpc) is 2.75. The lowest BCUT2D eigenvalue weighted by molar-refractivity contribution is -0.137. The van der Waals surface area contributed by atoms with Gasteiger partial charge in [-0.3, -0.25) is 4.79 Å². The molecule has 6 heteroatoms. The minimum Gasteiger partial charge on any atom is -0.504 e. The number of ketones is 1. The third-order valence-corrected chi connectivity index (χ3v) is 7.10. The second-order valence-electron chi connectivity index (χ2n) is 10.7. The van der Waals surface area contributed by atoms with E-state index in [0.717, 1.165) is 30.4 Å². The van der Waals surface area contributed by atoms with Crippen molar-refractivity contribution in [2.75, 3.05) is 14.2 Å². The lowest BCUT2D eigenvalue weighted by Gasteiger charge is -2.48. The molecule has 33 heavy (non-hydrogen) atoms. The van der Waals surface area contributed by atoms with Crippen LogP contribution in [0.2, 0.25) is 0 Å². The summed E-state index contributed by atoms with van der Waals surface area (Å²) < 4.78 is 10.7. The molecule has 1 aliphatic heterocycles. The second-order valence-corrected chi connectivity index (χ2v) is 10.7. The van der Waals surface area contributed by atoms with Crippen LogP contribution in [-0.2, 0) is 4.79 Å². The molecule has 3 N–H and O–H groups in total. The summed E-state index contributed by atoms with van der Waals surface area (Å²) >= 11 is 0. The largest absolute Gasteiger partial charge is 0.504 e. The van der Waals surface area contributed by atoms with E-state index >= 15 is 0 Å². The lowest BCUT2D eigenvalue weighted by Crippen LogP contribution is -2.52. The number of Topliss-reactive ketones (excluding diaryl/α,β-unsaturated/α-hetero) is 1. The number of hydrogen-bond donors (Lipinski definition) is 3. The number of carbonyl (C=O) groups is 1. The summed E-state index contributed by atoms with van der Waals surface area (Å²) in [5.41, 5.74) is 2.03. The van der Waals surface area contributed by atoms with Gasteiger partial charge < -0.3 is 25.0 Å². The highest BCUT2D eigenvalue weighted by Gasteiger charge is 2.49. The summed E-state index contributed by atoms with van der Waals surface area (Å²) in [6, 6.07) is 10.2. The summed E-state index contributed by atoms with van der Waals surface area (Å²) in [6.45, 7) is 6.76. The maximum atomic E-state index is 13.7. The summed E-state index contributed by atoms with van der Waals surface area (Å²) in [6.07, 6.45) is 2.75. The number of rotatable bonds is 5. The summed E-state index contributed by atoms with van der Waals surface area (Å²) in [5.74, 6) is 1.41. The predicted molar refractivity (Wildman–Crippen MR) is 127 cm³/mol. The van der Waals surface area contributed by atoms with Crippen molar-refractivity contribution in [3.63, 3.8) is 0 Å². The molecule has 2 aromatic carbocycles. The molecule has 4 rings (SSSR count). The van der Waals surface area contributed by atoms with Gasteiger partial charge in [0, 0.05) is 23.9 Å². The molecular formula is C27H35NO5. The van der Waals surface area contributed by atoms with Crippen molar-refractivity contribution in [1.82, 2.24) is 5.32 Å². The van der Waals surface area contributed by atoms with Gasteiger partial charge in [0.15, 0.2) is 23.0 Å². The molecule has 1 aliphatic carbocycles. The Kier molecular flexibility index (Phi) is 6.32. The zero-order valence-corrected chi connectivity index (χ0v) is 20.1. The van der Waals surface area contributed by atoms with Crippen LogP contribution in [0.5, 0.6) is 23.0 Å². The van der Waals surface area contributed by atoms with Crippen molar-refractivity contribution < 1.29 is 24.5 Å². The number of aromatic hydroxyl groups is 2. The Hall–Kier alpha value is -2.73. The quantitative estimate of drug-likeness (QED) is 0.580. The van der Waals surface area contributed by atoms with Crippen molar-refractivity contribution in [3.8, 4) is 23.0 Å². The van der Waals surface area contributed by atoms with Crippen LogP contribution in [0.25, 0.3) is 0 Å². The number of ether oxygens (including phenoxy) is 2. The topological polar surface area (TPSA) is 88.0 Å². The molecule has 178 valence electrons. The number of methoxy groups -OCH3 is 2. The third kappa shape index (κ3) is 4.67. The molecule has 1 heterocycles. The van der Waals surface area contributed by atoms with Gasteiger partial charge in [-0.2, -0.15) is 0 Å². The standard InChI is InChI=1S/C27H35NO5/c1-27(2,3)14-15-10-18-24(16-6-8-20(29)22(12-16)32-4)28-25(19(11-15)26(18)31)17-7-9-21(30)23(13-17)33-5/h6-9,12-13,15,18-19,24-25,28-30H,10-11,14H2,1-5H3/t15?,18-,19+,24-,25+. The first kappa shape index (κ1) is 23.4. The highest BCUT2D eigenvalue weighted by Crippen LogP contribution is 2.51. The minimum absolute atomic E-state index is 0.0790. The number of carbonyl (C=O) groups excluding carboxylic acids is 1. The molecule has 0 radical (unpaired) electrons. The number of phenols is 2. The zero-order chi connectivity index (χ0) is 23.9. The summed E-state index contributed by atoms with van der Waals surface area (Å²) in [4.78, 5) is 13.7. The van der Waals surface area contributed by atoms with E-state index in [2.05, 4.69) is 26.1 Å².